The first-order chi connectivity index (χ1) is 7.46. The molecule has 5 N–H and O–H groups in total. The van der Waals surface area contributed by atoms with E-state index in [1.165, 1.54) is 6.92 Å². The van der Waals surface area contributed by atoms with E-state index in [0.717, 1.165) is 0 Å². The molecule has 1 rings (SSSR count). The molecule has 0 aromatic heterocycles. The number of aliphatic hydroxyl groups excluding tert-OH is 1. The number of nitrogen functional groups attached to an aromatic ring is 1. The molecule has 5 heteroatoms. The van der Waals surface area contributed by atoms with Gasteiger partial charge < -0.3 is 21.3 Å². The summed E-state index contributed by atoms with van der Waals surface area (Å²) >= 11 is 0. The Bertz CT molecular complexity index is 377. The number of para-hydroxylation sites is 1. The first-order valence-corrected chi connectivity index (χ1v) is 4.92. The van der Waals surface area contributed by atoms with Gasteiger partial charge in [-0.1, -0.05) is 12.1 Å². The van der Waals surface area contributed by atoms with E-state index in [1.807, 2.05) is 0 Å². The average Bonchev–Trinajstić information content (AvgIpc) is 2.27. The number of amides is 1. The normalized spacial score (nSPS) is 14.2. The summed E-state index contributed by atoms with van der Waals surface area (Å²) in [4.78, 5) is 11.6. The monoisotopic (exact) mass is 224 g/mol. The van der Waals surface area contributed by atoms with E-state index < -0.39 is 12.2 Å². The van der Waals surface area contributed by atoms with Crippen LogP contribution in [0.15, 0.2) is 24.3 Å². The molecule has 1 aromatic carbocycles. The maximum atomic E-state index is 11.6. The van der Waals surface area contributed by atoms with Gasteiger partial charge in [0.2, 0.25) is 0 Å². The molecule has 0 heterocycles. The lowest BCUT2D eigenvalue weighted by Gasteiger charge is -2.20. The number of anilines is 1. The second kappa shape index (κ2) is 4.96. The number of benzene rings is 1. The van der Waals surface area contributed by atoms with E-state index >= 15 is 0 Å². The van der Waals surface area contributed by atoms with Crippen molar-refractivity contribution in [1.29, 1.82) is 0 Å². The Morgan fingerprint density at radius 2 is 2.12 bits per heavy atom. The number of aliphatic hydroxyl groups is 2. The zero-order valence-electron chi connectivity index (χ0n) is 9.10. The second-order valence-electron chi connectivity index (χ2n) is 3.92. The number of nitrogens with two attached hydrogens (primary N) is 1. The van der Waals surface area contributed by atoms with Gasteiger partial charge in [0.25, 0.3) is 5.91 Å². The summed E-state index contributed by atoms with van der Waals surface area (Å²) in [5.74, 6) is -0.369. The summed E-state index contributed by atoms with van der Waals surface area (Å²) in [5, 5.41) is 20.8. The Labute approximate surface area is 93.9 Å². The van der Waals surface area contributed by atoms with Gasteiger partial charge in [-0.3, -0.25) is 4.79 Å². The lowest BCUT2D eigenvalue weighted by molar-refractivity contribution is 0.00321. The second-order valence-corrected chi connectivity index (χ2v) is 3.92. The molecule has 0 saturated carbocycles. The maximum absolute atomic E-state index is 11.6. The first kappa shape index (κ1) is 12.5. The molecule has 0 aliphatic rings. The lowest BCUT2D eigenvalue weighted by atomic mass is 10.1. The van der Waals surface area contributed by atoms with Crippen LogP contribution in [-0.2, 0) is 0 Å². The smallest absolute Gasteiger partial charge is 0.253 e. The van der Waals surface area contributed by atoms with Crippen molar-refractivity contribution < 1.29 is 15.0 Å². The summed E-state index contributed by atoms with van der Waals surface area (Å²) < 4.78 is 0. The minimum atomic E-state index is -1.32. The van der Waals surface area contributed by atoms with Crippen LogP contribution in [0.5, 0.6) is 0 Å². The van der Waals surface area contributed by atoms with Crippen molar-refractivity contribution >= 4 is 11.6 Å². The Balaban J connectivity index is 2.64. The summed E-state index contributed by atoms with van der Waals surface area (Å²) in [7, 11) is 0. The van der Waals surface area contributed by atoms with E-state index in [9.17, 15) is 9.90 Å². The van der Waals surface area contributed by atoms with Crippen molar-refractivity contribution in [1.82, 2.24) is 5.32 Å². The van der Waals surface area contributed by atoms with E-state index in [-0.39, 0.29) is 12.5 Å². The van der Waals surface area contributed by atoms with E-state index in [2.05, 4.69) is 5.32 Å². The third kappa shape index (κ3) is 3.22. The van der Waals surface area contributed by atoms with Gasteiger partial charge in [0, 0.05) is 12.2 Å². The fraction of sp³-hybridized carbons (Fsp3) is 0.364. The van der Waals surface area contributed by atoms with Gasteiger partial charge in [0.1, 0.15) is 5.60 Å². The number of nitrogens with one attached hydrogen (secondary N) is 1. The Kier molecular flexibility index (Phi) is 3.87. The van der Waals surface area contributed by atoms with Crippen LogP contribution >= 0.6 is 0 Å². The number of hydrogen-bond acceptors (Lipinski definition) is 4. The van der Waals surface area contributed by atoms with E-state index in [1.54, 1.807) is 24.3 Å². The average molecular weight is 224 g/mol. The van der Waals surface area contributed by atoms with Gasteiger partial charge in [0.05, 0.1) is 12.2 Å². The van der Waals surface area contributed by atoms with Crippen LogP contribution in [-0.4, -0.2) is 34.9 Å². The molecule has 5 nitrogen and oxygen atoms in total. The predicted octanol–water partition coefficient (Wildman–Crippen LogP) is -0.258. The first-order valence-electron chi connectivity index (χ1n) is 4.92. The summed E-state index contributed by atoms with van der Waals surface area (Å²) in [6, 6.07) is 6.66. The van der Waals surface area contributed by atoms with Crippen LogP contribution < -0.4 is 11.1 Å². The van der Waals surface area contributed by atoms with Crippen LogP contribution in [0.2, 0.25) is 0 Å². The van der Waals surface area contributed by atoms with Gasteiger partial charge in [-0.15, -0.1) is 0 Å². The number of rotatable bonds is 4. The number of carbonyl (C=O) groups is 1. The highest BCUT2D eigenvalue weighted by atomic mass is 16.3. The molecule has 0 spiro atoms. The molecule has 88 valence electrons. The van der Waals surface area contributed by atoms with E-state index in [0.29, 0.717) is 11.3 Å². The molecule has 1 atom stereocenters. The van der Waals surface area contributed by atoms with Crippen LogP contribution in [0.1, 0.15) is 17.3 Å². The van der Waals surface area contributed by atoms with Crippen LogP contribution in [0.25, 0.3) is 0 Å². The van der Waals surface area contributed by atoms with Crippen molar-refractivity contribution in [2.75, 3.05) is 18.9 Å². The molecule has 16 heavy (non-hydrogen) atoms. The molecule has 1 aromatic rings. The molecule has 0 saturated heterocycles. The maximum Gasteiger partial charge on any atom is 0.253 e. The van der Waals surface area contributed by atoms with Crippen molar-refractivity contribution in [3.05, 3.63) is 29.8 Å². The molecule has 1 amide bonds. The topological polar surface area (TPSA) is 95.6 Å². The van der Waals surface area contributed by atoms with Gasteiger partial charge in [-0.25, -0.2) is 0 Å². The molecule has 0 aliphatic heterocycles. The zero-order chi connectivity index (χ0) is 12.2. The Morgan fingerprint density at radius 1 is 1.50 bits per heavy atom. The van der Waals surface area contributed by atoms with E-state index in [4.69, 9.17) is 10.8 Å². The summed E-state index contributed by atoms with van der Waals surface area (Å²) in [6.07, 6.45) is 0. The third-order valence-electron chi connectivity index (χ3n) is 2.18. The third-order valence-corrected chi connectivity index (χ3v) is 2.18. The summed E-state index contributed by atoms with van der Waals surface area (Å²) in [6.45, 7) is 0.982. The molecular formula is C11H16N2O3. The highest BCUT2D eigenvalue weighted by Crippen LogP contribution is 2.10. The number of hydrogen-bond donors (Lipinski definition) is 4. The Hall–Kier alpha value is -1.59. The van der Waals surface area contributed by atoms with Crippen LogP contribution in [0.3, 0.4) is 0 Å². The molecule has 0 radical (unpaired) electrons. The fourth-order valence-electron chi connectivity index (χ4n) is 1.13. The SMILES string of the molecule is CC(O)(CO)CNC(=O)c1ccccc1N. The largest absolute Gasteiger partial charge is 0.398 e. The molecule has 0 aliphatic carbocycles. The van der Waals surface area contributed by atoms with Gasteiger partial charge in [0.15, 0.2) is 0 Å². The van der Waals surface area contributed by atoms with Crippen molar-refractivity contribution in [3.63, 3.8) is 0 Å². The lowest BCUT2D eigenvalue weighted by Crippen LogP contribution is -2.43. The highest BCUT2D eigenvalue weighted by Gasteiger charge is 2.20. The van der Waals surface area contributed by atoms with Gasteiger partial charge >= 0.3 is 0 Å². The molecule has 0 bridgehead atoms. The molecule has 0 fully saturated rings. The van der Waals surface area contributed by atoms with Crippen LogP contribution in [0, 0.1) is 0 Å². The highest BCUT2D eigenvalue weighted by molar-refractivity contribution is 5.99. The van der Waals surface area contributed by atoms with Crippen molar-refractivity contribution in [2.24, 2.45) is 0 Å². The quantitative estimate of drug-likeness (QED) is 0.530. The zero-order valence-corrected chi connectivity index (χ0v) is 9.10. The fourth-order valence-corrected chi connectivity index (χ4v) is 1.13. The van der Waals surface area contributed by atoms with Crippen molar-refractivity contribution in [2.45, 2.75) is 12.5 Å². The summed E-state index contributed by atoms with van der Waals surface area (Å²) in [5.41, 5.74) is 5.04. The molecule has 1 unspecified atom stereocenters. The van der Waals surface area contributed by atoms with Crippen molar-refractivity contribution in [3.8, 4) is 0 Å². The Morgan fingerprint density at radius 3 is 2.69 bits per heavy atom. The minimum Gasteiger partial charge on any atom is -0.398 e. The minimum absolute atomic E-state index is 0.0311. The predicted molar refractivity (Wildman–Crippen MR) is 60.9 cm³/mol. The number of carbonyl (C=O) groups excluding carboxylic acids is 1. The molecular weight excluding hydrogens is 208 g/mol. The van der Waals surface area contributed by atoms with Gasteiger partial charge in [-0.2, -0.15) is 0 Å². The standard InChI is InChI=1S/C11H16N2O3/c1-11(16,7-14)6-13-10(15)8-4-2-3-5-9(8)12/h2-5,14,16H,6-7,12H2,1H3,(H,13,15). The van der Waals surface area contributed by atoms with Crippen LogP contribution in [0.4, 0.5) is 5.69 Å². The van der Waals surface area contributed by atoms with Gasteiger partial charge in [-0.05, 0) is 19.1 Å².